The highest BCUT2D eigenvalue weighted by molar-refractivity contribution is 5.90. The molecule has 0 amide bonds. The molecule has 10 heteroatoms. The van der Waals surface area contributed by atoms with Gasteiger partial charge >= 0.3 is 11.9 Å². The predicted molar refractivity (Wildman–Crippen MR) is 158 cm³/mol. The first-order valence-electron chi connectivity index (χ1n) is 14.0. The van der Waals surface area contributed by atoms with Crippen LogP contribution in [0.5, 0.6) is 0 Å². The molecule has 1 heterocycles. The number of benzene rings is 4. The summed E-state index contributed by atoms with van der Waals surface area (Å²) in [7, 11) is 0. The molecule has 0 aliphatic carbocycles. The van der Waals surface area contributed by atoms with Gasteiger partial charge in [0, 0.05) is 18.1 Å². The molecule has 10 nitrogen and oxygen atoms in total. The third kappa shape index (κ3) is 7.97. The number of azide groups is 1. The number of fused-ring (bicyclic) bond motifs is 1. The normalized spacial score (nSPS) is 19.4. The Balaban J connectivity index is 1.37. The number of ether oxygens (including phenoxy) is 5. The second kappa shape index (κ2) is 14.9. The standard InChI is InChI=1S/C33H31N3O7/c34-36-35-18-9-19-39-33-30(40-21-23-16-17-24-10-7-8-15-27(24)20-23)29(43-32(38)26-13-5-2-6-14-26)28(42-33)22-41-31(37)25-11-3-1-4-12-25/h1-8,10-17,20,28-30,33H,9,18-19,21-22H2/t28-,29-,30+,33+/m0/s1. The molecule has 1 saturated heterocycles. The average Bonchev–Trinajstić information content (AvgIpc) is 3.38. The fourth-order valence-corrected chi connectivity index (χ4v) is 4.76. The molecule has 220 valence electrons. The summed E-state index contributed by atoms with van der Waals surface area (Å²) >= 11 is 0. The van der Waals surface area contributed by atoms with E-state index in [-0.39, 0.29) is 26.4 Å². The van der Waals surface area contributed by atoms with Gasteiger partial charge in [-0.25, -0.2) is 9.59 Å². The van der Waals surface area contributed by atoms with Gasteiger partial charge in [0.15, 0.2) is 12.4 Å². The Morgan fingerprint density at radius 2 is 1.47 bits per heavy atom. The summed E-state index contributed by atoms with van der Waals surface area (Å²) in [6.45, 7) is 0.439. The Labute approximate surface area is 248 Å². The first-order valence-corrected chi connectivity index (χ1v) is 14.0. The molecule has 4 aromatic rings. The minimum atomic E-state index is -0.959. The predicted octanol–water partition coefficient (Wildman–Crippen LogP) is 6.25. The van der Waals surface area contributed by atoms with Gasteiger partial charge in [-0.05, 0) is 58.6 Å². The van der Waals surface area contributed by atoms with Crippen molar-refractivity contribution in [3.63, 3.8) is 0 Å². The molecule has 0 N–H and O–H groups in total. The van der Waals surface area contributed by atoms with Gasteiger partial charge in [0.1, 0.15) is 18.8 Å². The molecular weight excluding hydrogens is 550 g/mol. The molecule has 43 heavy (non-hydrogen) atoms. The van der Waals surface area contributed by atoms with E-state index in [1.807, 2.05) is 42.5 Å². The molecule has 0 unspecified atom stereocenters. The average molecular weight is 582 g/mol. The van der Waals surface area contributed by atoms with Gasteiger partial charge in [-0.1, -0.05) is 77.9 Å². The van der Waals surface area contributed by atoms with E-state index in [0.29, 0.717) is 17.5 Å². The summed E-state index contributed by atoms with van der Waals surface area (Å²) in [5.41, 5.74) is 10.2. The van der Waals surface area contributed by atoms with E-state index in [0.717, 1.165) is 16.3 Å². The van der Waals surface area contributed by atoms with Gasteiger partial charge in [0.25, 0.3) is 0 Å². The van der Waals surface area contributed by atoms with E-state index in [1.54, 1.807) is 60.7 Å². The van der Waals surface area contributed by atoms with Crippen molar-refractivity contribution in [3.05, 3.63) is 130 Å². The SMILES string of the molecule is [N-]=[N+]=NCCCO[C@@H]1O[C@@H](COC(=O)c2ccccc2)[C@H](OC(=O)c2ccccc2)[C@H]1OCc1ccc2ccccc2c1. The van der Waals surface area contributed by atoms with Crippen LogP contribution in [0.3, 0.4) is 0 Å². The van der Waals surface area contributed by atoms with Crippen LogP contribution in [-0.4, -0.2) is 56.3 Å². The topological polar surface area (TPSA) is 129 Å². The van der Waals surface area contributed by atoms with Gasteiger partial charge in [0.2, 0.25) is 0 Å². The van der Waals surface area contributed by atoms with Crippen molar-refractivity contribution in [2.75, 3.05) is 19.8 Å². The van der Waals surface area contributed by atoms with E-state index in [1.165, 1.54) is 0 Å². The minimum Gasteiger partial charge on any atom is -0.459 e. The van der Waals surface area contributed by atoms with Crippen molar-refractivity contribution in [3.8, 4) is 0 Å². The Kier molecular flexibility index (Phi) is 10.3. The molecule has 1 aliphatic heterocycles. The van der Waals surface area contributed by atoms with Crippen LogP contribution >= 0.6 is 0 Å². The van der Waals surface area contributed by atoms with Crippen molar-refractivity contribution in [1.82, 2.24) is 0 Å². The highest BCUT2D eigenvalue weighted by Gasteiger charge is 2.49. The highest BCUT2D eigenvalue weighted by Crippen LogP contribution is 2.30. The van der Waals surface area contributed by atoms with Crippen LogP contribution in [-0.2, 0) is 30.3 Å². The Morgan fingerprint density at radius 3 is 2.19 bits per heavy atom. The number of rotatable bonds is 13. The summed E-state index contributed by atoms with van der Waals surface area (Å²) < 4.78 is 30.1. The van der Waals surface area contributed by atoms with E-state index >= 15 is 0 Å². The third-order valence-electron chi connectivity index (χ3n) is 6.91. The van der Waals surface area contributed by atoms with Crippen LogP contribution in [0.25, 0.3) is 21.2 Å². The number of hydrogen-bond acceptors (Lipinski definition) is 8. The molecule has 5 rings (SSSR count). The summed E-state index contributed by atoms with van der Waals surface area (Å²) in [5.74, 6) is -1.11. The molecule has 1 aliphatic rings. The maximum absolute atomic E-state index is 13.2. The largest absolute Gasteiger partial charge is 0.459 e. The molecular formula is C33H31N3O7. The number of hydrogen-bond donors (Lipinski definition) is 0. The zero-order valence-electron chi connectivity index (χ0n) is 23.4. The fraction of sp³-hybridized carbons (Fsp3) is 0.273. The lowest BCUT2D eigenvalue weighted by molar-refractivity contribution is -0.182. The van der Waals surface area contributed by atoms with E-state index < -0.39 is 36.5 Å². The lowest BCUT2D eigenvalue weighted by atomic mass is 10.1. The molecule has 1 fully saturated rings. The van der Waals surface area contributed by atoms with E-state index in [9.17, 15) is 9.59 Å². The molecule has 4 atom stereocenters. The van der Waals surface area contributed by atoms with Gasteiger partial charge in [-0.3, -0.25) is 0 Å². The summed E-state index contributed by atoms with van der Waals surface area (Å²) in [5, 5.41) is 5.71. The lowest BCUT2D eigenvalue weighted by Gasteiger charge is -2.24. The maximum Gasteiger partial charge on any atom is 0.338 e. The van der Waals surface area contributed by atoms with Crippen molar-refractivity contribution < 1.29 is 33.3 Å². The lowest BCUT2D eigenvalue weighted by Crippen LogP contribution is -2.41. The van der Waals surface area contributed by atoms with Gasteiger partial charge in [-0.15, -0.1) is 0 Å². The van der Waals surface area contributed by atoms with Crippen LogP contribution in [0, 0.1) is 0 Å². The second-order valence-electron chi connectivity index (χ2n) is 9.88. The molecule has 0 spiro atoms. The Bertz CT molecular complexity index is 1560. The first-order chi connectivity index (χ1) is 21.1. The molecule has 4 aromatic carbocycles. The second-order valence-corrected chi connectivity index (χ2v) is 9.88. The zero-order valence-corrected chi connectivity index (χ0v) is 23.4. The van der Waals surface area contributed by atoms with Crippen LogP contribution in [0.1, 0.15) is 32.7 Å². The molecule has 0 aromatic heterocycles. The monoisotopic (exact) mass is 581 g/mol. The highest BCUT2D eigenvalue weighted by atomic mass is 16.7. The summed E-state index contributed by atoms with van der Waals surface area (Å²) in [6.07, 6.45) is -3.17. The van der Waals surface area contributed by atoms with Crippen LogP contribution < -0.4 is 0 Å². The van der Waals surface area contributed by atoms with Crippen molar-refractivity contribution in [2.24, 2.45) is 5.11 Å². The third-order valence-corrected chi connectivity index (χ3v) is 6.91. The Hall–Kier alpha value is -4.73. The van der Waals surface area contributed by atoms with Gasteiger partial charge < -0.3 is 23.7 Å². The van der Waals surface area contributed by atoms with Gasteiger partial charge in [-0.2, -0.15) is 0 Å². The van der Waals surface area contributed by atoms with E-state index in [4.69, 9.17) is 29.2 Å². The van der Waals surface area contributed by atoms with Crippen molar-refractivity contribution in [2.45, 2.75) is 37.6 Å². The quantitative estimate of drug-likeness (QED) is 0.0600. The number of carbonyl (C=O) groups excluding carboxylic acids is 2. The minimum absolute atomic E-state index is 0.188. The first kappa shape index (κ1) is 29.8. The number of nitrogens with zero attached hydrogens (tertiary/aromatic N) is 3. The molecule has 0 bridgehead atoms. The number of carbonyl (C=O) groups is 2. The van der Waals surface area contributed by atoms with Crippen LogP contribution in [0.4, 0.5) is 0 Å². The van der Waals surface area contributed by atoms with Crippen molar-refractivity contribution in [1.29, 1.82) is 0 Å². The summed E-state index contributed by atoms with van der Waals surface area (Å²) in [4.78, 5) is 28.7. The Morgan fingerprint density at radius 1 is 0.791 bits per heavy atom. The van der Waals surface area contributed by atoms with Crippen LogP contribution in [0.2, 0.25) is 0 Å². The fourth-order valence-electron chi connectivity index (χ4n) is 4.76. The van der Waals surface area contributed by atoms with Gasteiger partial charge in [0.05, 0.1) is 17.7 Å². The summed E-state index contributed by atoms with van der Waals surface area (Å²) in [6, 6.07) is 31.2. The maximum atomic E-state index is 13.2. The number of esters is 2. The smallest absolute Gasteiger partial charge is 0.338 e. The van der Waals surface area contributed by atoms with Crippen LogP contribution in [0.15, 0.2) is 108 Å². The van der Waals surface area contributed by atoms with E-state index in [2.05, 4.69) is 10.0 Å². The molecule has 0 saturated carbocycles. The zero-order chi connectivity index (χ0) is 29.9. The van der Waals surface area contributed by atoms with Crippen molar-refractivity contribution >= 4 is 22.7 Å². The molecule has 0 radical (unpaired) electrons.